The Kier molecular flexibility index (Phi) is 4.12. The van der Waals surface area contributed by atoms with Crippen molar-refractivity contribution in [1.29, 1.82) is 0 Å². The van der Waals surface area contributed by atoms with Gasteiger partial charge in [-0.3, -0.25) is 0 Å². The van der Waals surface area contributed by atoms with E-state index in [1.165, 1.54) is 6.07 Å². The van der Waals surface area contributed by atoms with Gasteiger partial charge in [0.05, 0.1) is 4.47 Å². The maximum absolute atomic E-state index is 13.1. The lowest BCUT2D eigenvalue weighted by Gasteiger charge is -2.10. The number of nitrogens with two attached hydrogens (primary N) is 1. The van der Waals surface area contributed by atoms with Crippen LogP contribution in [0, 0.1) is 17.7 Å². The van der Waals surface area contributed by atoms with Crippen LogP contribution in [0.2, 0.25) is 0 Å². The summed E-state index contributed by atoms with van der Waals surface area (Å²) in [5.41, 5.74) is 6.61. The van der Waals surface area contributed by atoms with Crippen molar-refractivity contribution in [2.45, 2.75) is 19.4 Å². The van der Waals surface area contributed by atoms with Crippen LogP contribution in [0.25, 0.3) is 0 Å². The van der Waals surface area contributed by atoms with E-state index >= 15 is 0 Å². The van der Waals surface area contributed by atoms with Crippen LogP contribution >= 0.6 is 15.9 Å². The van der Waals surface area contributed by atoms with Gasteiger partial charge in [-0.2, -0.15) is 0 Å². The molecule has 0 aliphatic heterocycles. The molecular formula is C11H11BrFN. The van der Waals surface area contributed by atoms with Gasteiger partial charge in [0, 0.05) is 12.5 Å². The van der Waals surface area contributed by atoms with Crippen molar-refractivity contribution in [3.8, 4) is 11.8 Å². The minimum atomic E-state index is -0.289. The molecule has 0 fully saturated rings. The van der Waals surface area contributed by atoms with Gasteiger partial charge in [-0.15, -0.1) is 11.8 Å². The number of hydrogen-bond acceptors (Lipinski definition) is 1. The molecule has 0 spiro atoms. The van der Waals surface area contributed by atoms with E-state index in [2.05, 4.69) is 27.8 Å². The van der Waals surface area contributed by atoms with E-state index in [-0.39, 0.29) is 11.9 Å². The molecule has 1 aromatic carbocycles. The molecular weight excluding hydrogens is 245 g/mol. The summed E-state index contributed by atoms with van der Waals surface area (Å²) in [7, 11) is 0. The lowest BCUT2D eigenvalue weighted by molar-refractivity contribution is 0.612. The van der Waals surface area contributed by atoms with E-state index in [0.29, 0.717) is 10.9 Å². The van der Waals surface area contributed by atoms with Crippen molar-refractivity contribution in [3.63, 3.8) is 0 Å². The van der Waals surface area contributed by atoms with Gasteiger partial charge in [-0.1, -0.05) is 12.1 Å². The van der Waals surface area contributed by atoms with Crippen molar-refractivity contribution < 1.29 is 4.39 Å². The van der Waals surface area contributed by atoms with E-state index in [1.807, 2.05) is 0 Å². The monoisotopic (exact) mass is 255 g/mol. The van der Waals surface area contributed by atoms with Crippen LogP contribution in [-0.4, -0.2) is 0 Å². The van der Waals surface area contributed by atoms with E-state index in [9.17, 15) is 4.39 Å². The third-order valence-corrected chi connectivity index (χ3v) is 2.72. The number of rotatable bonds is 2. The van der Waals surface area contributed by atoms with Gasteiger partial charge in [-0.05, 0) is 34.5 Å². The predicted octanol–water partition coefficient (Wildman–Crippen LogP) is 3.00. The van der Waals surface area contributed by atoms with Crippen LogP contribution in [-0.2, 0) is 0 Å². The first-order valence-electron chi connectivity index (χ1n) is 4.26. The number of benzene rings is 1. The second-order valence-electron chi connectivity index (χ2n) is 2.88. The molecule has 0 saturated carbocycles. The molecule has 0 amide bonds. The second-order valence-corrected chi connectivity index (χ2v) is 3.67. The zero-order valence-electron chi connectivity index (χ0n) is 7.85. The fourth-order valence-electron chi connectivity index (χ4n) is 1.13. The Morgan fingerprint density at radius 1 is 1.57 bits per heavy atom. The molecule has 0 saturated heterocycles. The molecule has 1 aromatic rings. The fraction of sp³-hybridized carbons (Fsp3) is 0.273. The lowest BCUT2D eigenvalue weighted by atomic mass is 10.1. The van der Waals surface area contributed by atoms with Gasteiger partial charge in [0.1, 0.15) is 5.82 Å². The van der Waals surface area contributed by atoms with Crippen molar-refractivity contribution in [2.24, 2.45) is 5.73 Å². The molecule has 74 valence electrons. The normalized spacial score (nSPS) is 11.7. The van der Waals surface area contributed by atoms with E-state index in [0.717, 1.165) is 5.56 Å². The fourth-order valence-corrected chi connectivity index (χ4v) is 1.69. The van der Waals surface area contributed by atoms with Crippen molar-refractivity contribution in [1.82, 2.24) is 0 Å². The molecule has 2 N–H and O–H groups in total. The number of hydrogen-bond donors (Lipinski definition) is 1. The highest BCUT2D eigenvalue weighted by Crippen LogP contribution is 2.26. The Morgan fingerprint density at radius 2 is 2.29 bits per heavy atom. The summed E-state index contributed by atoms with van der Waals surface area (Å²) >= 11 is 3.17. The molecule has 0 radical (unpaired) electrons. The Balaban J connectivity index is 2.93. The van der Waals surface area contributed by atoms with Crippen LogP contribution in [0.15, 0.2) is 22.7 Å². The maximum Gasteiger partial charge on any atom is 0.137 e. The van der Waals surface area contributed by atoms with Crippen molar-refractivity contribution in [3.05, 3.63) is 34.1 Å². The molecule has 0 aromatic heterocycles. The molecule has 0 aliphatic rings. The van der Waals surface area contributed by atoms with Gasteiger partial charge < -0.3 is 5.73 Å². The smallest absolute Gasteiger partial charge is 0.137 e. The molecule has 1 unspecified atom stereocenters. The van der Waals surface area contributed by atoms with Crippen molar-refractivity contribution >= 4 is 15.9 Å². The summed E-state index contributed by atoms with van der Waals surface area (Å²) in [6, 6.07) is 4.60. The summed E-state index contributed by atoms with van der Waals surface area (Å²) < 4.78 is 13.6. The average Bonchev–Trinajstić information content (AvgIpc) is 2.18. The minimum absolute atomic E-state index is 0.243. The summed E-state index contributed by atoms with van der Waals surface area (Å²) in [4.78, 5) is 0. The minimum Gasteiger partial charge on any atom is -0.323 e. The molecule has 0 bridgehead atoms. The van der Waals surface area contributed by atoms with E-state index in [4.69, 9.17) is 5.73 Å². The highest BCUT2D eigenvalue weighted by molar-refractivity contribution is 9.10. The Bertz CT molecular complexity index is 379. The molecule has 3 heteroatoms. The molecule has 0 aliphatic carbocycles. The van der Waals surface area contributed by atoms with Crippen LogP contribution in [0.3, 0.4) is 0 Å². The molecule has 1 rings (SSSR count). The standard InChI is InChI=1S/C11H11BrFN/c1-2-3-7-10(14)8-5-4-6-9(13)11(8)12/h4-6,10H,7,14H2,1H3. The summed E-state index contributed by atoms with van der Waals surface area (Å²) in [6.07, 6.45) is 0.540. The van der Waals surface area contributed by atoms with Crippen molar-refractivity contribution in [2.75, 3.05) is 0 Å². The first-order chi connectivity index (χ1) is 6.66. The molecule has 1 nitrogen and oxygen atoms in total. The SMILES string of the molecule is CC#CCC(N)c1cccc(F)c1Br. The Morgan fingerprint density at radius 3 is 2.93 bits per heavy atom. The van der Waals surface area contributed by atoms with Crippen LogP contribution < -0.4 is 5.73 Å². The highest BCUT2D eigenvalue weighted by atomic mass is 79.9. The van der Waals surface area contributed by atoms with Crippen LogP contribution in [0.5, 0.6) is 0 Å². The first-order valence-corrected chi connectivity index (χ1v) is 5.05. The van der Waals surface area contributed by atoms with Gasteiger partial charge in [-0.25, -0.2) is 4.39 Å². The topological polar surface area (TPSA) is 26.0 Å². The summed E-state index contributed by atoms with van der Waals surface area (Å²) in [5, 5.41) is 0. The van der Waals surface area contributed by atoms with Gasteiger partial charge in [0.15, 0.2) is 0 Å². The number of halogens is 2. The largest absolute Gasteiger partial charge is 0.323 e. The van der Waals surface area contributed by atoms with E-state index < -0.39 is 0 Å². The summed E-state index contributed by atoms with van der Waals surface area (Å²) in [5.74, 6) is 5.35. The van der Waals surface area contributed by atoms with Gasteiger partial charge in [0.25, 0.3) is 0 Å². The molecule has 14 heavy (non-hydrogen) atoms. The quantitative estimate of drug-likeness (QED) is 0.809. The zero-order chi connectivity index (χ0) is 10.6. The van der Waals surface area contributed by atoms with Crippen LogP contribution in [0.1, 0.15) is 24.9 Å². The zero-order valence-corrected chi connectivity index (χ0v) is 9.44. The Hall–Kier alpha value is -0.850. The second kappa shape index (κ2) is 5.14. The first kappa shape index (κ1) is 11.2. The lowest BCUT2D eigenvalue weighted by Crippen LogP contribution is -2.10. The highest BCUT2D eigenvalue weighted by Gasteiger charge is 2.11. The van der Waals surface area contributed by atoms with Gasteiger partial charge >= 0.3 is 0 Å². The summed E-state index contributed by atoms with van der Waals surface area (Å²) in [6.45, 7) is 1.76. The predicted molar refractivity (Wildman–Crippen MR) is 59.1 cm³/mol. The van der Waals surface area contributed by atoms with E-state index in [1.54, 1.807) is 19.1 Å². The average molecular weight is 256 g/mol. The molecule has 0 heterocycles. The van der Waals surface area contributed by atoms with Gasteiger partial charge in [0.2, 0.25) is 0 Å². The van der Waals surface area contributed by atoms with Crippen LogP contribution in [0.4, 0.5) is 4.39 Å². The molecule has 1 atom stereocenters. The Labute approximate surface area is 91.6 Å². The third-order valence-electron chi connectivity index (χ3n) is 1.88. The maximum atomic E-state index is 13.1. The third kappa shape index (κ3) is 2.57.